The molecule has 200 valence electrons. The highest BCUT2D eigenvalue weighted by atomic mass is 16.6. The van der Waals surface area contributed by atoms with Gasteiger partial charge in [0.1, 0.15) is 23.7 Å². The Morgan fingerprint density at radius 1 is 0.950 bits per heavy atom. The Balaban J connectivity index is 1.37. The predicted molar refractivity (Wildman–Crippen MR) is 150 cm³/mol. The zero-order valence-corrected chi connectivity index (χ0v) is 21.2. The van der Waals surface area contributed by atoms with E-state index in [0.29, 0.717) is 35.1 Å². The summed E-state index contributed by atoms with van der Waals surface area (Å²) >= 11 is 0. The maximum Gasteiger partial charge on any atom is 0.336 e. The number of rotatable bonds is 9. The number of amides is 1. The van der Waals surface area contributed by atoms with E-state index in [0.717, 1.165) is 5.56 Å². The van der Waals surface area contributed by atoms with Crippen molar-refractivity contribution < 1.29 is 29.1 Å². The van der Waals surface area contributed by atoms with Crippen LogP contribution in [0.1, 0.15) is 32.7 Å². The summed E-state index contributed by atoms with van der Waals surface area (Å²) in [5.74, 6) is -1.47. The number of hydrogen-bond donors (Lipinski definition) is 3. The maximum absolute atomic E-state index is 12.8. The number of phenolic OH excluding ortho intramolecular Hbond substituents is 1. The second-order valence-electron chi connectivity index (χ2n) is 8.97. The van der Waals surface area contributed by atoms with Crippen molar-refractivity contribution in [2.24, 2.45) is 5.16 Å². The molecule has 3 aromatic rings. The van der Waals surface area contributed by atoms with Gasteiger partial charge in [0.05, 0.1) is 5.56 Å². The van der Waals surface area contributed by atoms with Gasteiger partial charge < -0.3 is 24.8 Å². The van der Waals surface area contributed by atoms with Gasteiger partial charge in [0.25, 0.3) is 5.91 Å². The molecule has 0 saturated carbocycles. The zero-order chi connectivity index (χ0) is 28.1. The summed E-state index contributed by atoms with van der Waals surface area (Å²) < 4.78 is 5.84. The molecule has 9 heteroatoms. The van der Waals surface area contributed by atoms with Gasteiger partial charge in [-0.3, -0.25) is 9.59 Å². The molecule has 3 N–H and O–H groups in total. The van der Waals surface area contributed by atoms with E-state index in [1.54, 1.807) is 30.5 Å². The molecule has 0 aromatic heterocycles. The summed E-state index contributed by atoms with van der Waals surface area (Å²) in [5, 5.41) is 27.2. The molecule has 0 fully saturated rings. The molecular weight excluding hydrogens is 512 g/mol. The van der Waals surface area contributed by atoms with Gasteiger partial charge in [0.15, 0.2) is 5.43 Å². The molecule has 0 atom stereocenters. The molecule has 3 aromatic carbocycles. The van der Waals surface area contributed by atoms with E-state index in [-0.39, 0.29) is 40.2 Å². The third-order valence-electron chi connectivity index (χ3n) is 6.24. The first kappa shape index (κ1) is 26.2. The van der Waals surface area contributed by atoms with Gasteiger partial charge in [-0.15, -0.1) is 0 Å². The van der Waals surface area contributed by atoms with Crippen LogP contribution in [0.25, 0.3) is 33.4 Å². The molecule has 40 heavy (non-hydrogen) atoms. The van der Waals surface area contributed by atoms with Crippen molar-refractivity contribution in [2.45, 2.75) is 13.0 Å². The van der Waals surface area contributed by atoms with E-state index in [1.807, 2.05) is 30.3 Å². The highest BCUT2D eigenvalue weighted by Gasteiger charge is 2.23. The van der Waals surface area contributed by atoms with Crippen molar-refractivity contribution in [3.05, 3.63) is 112 Å². The van der Waals surface area contributed by atoms with Crippen molar-refractivity contribution in [3.8, 4) is 28.2 Å². The summed E-state index contributed by atoms with van der Waals surface area (Å²) in [6, 6.07) is 22.7. The van der Waals surface area contributed by atoms with Crippen LogP contribution < -0.4 is 10.7 Å². The normalized spacial score (nSPS) is 11.2. The van der Waals surface area contributed by atoms with E-state index in [1.165, 1.54) is 30.3 Å². The van der Waals surface area contributed by atoms with E-state index in [4.69, 9.17) is 9.25 Å². The van der Waals surface area contributed by atoms with Crippen LogP contribution in [-0.4, -0.2) is 34.8 Å². The molecule has 5 rings (SSSR count). The molecular formula is C31H24N2O7. The summed E-state index contributed by atoms with van der Waals surface area (Å²) in [6.45, 7) is 0.616. The molecule has 0 spiro atoms. The van der Waals surface area contributed by atoms with Crippen LogP contribution in [0.3, 0.4) is 0 Å². The molecule has 2 aliphatic rings. The molecule has 9 nitrogen and oxygen atoms in total. The maximum atomic E-state index is 12.8. The zero-order valence-electron chi connectivity index (χ0n) is 21.2. The fourth-order valence-electron chi connectivity index (χ4n) is 4.37. The third-order valence-corrected chi connectivity index (χ3v) is 6.24. The number of nitrogens with zero attached hydrogens (tertiary/aromatic N) is 1. The van der Waals surface area contributed by atoms with E-state index < -0.39 is 11.9 Å². The van der Waals surface area contributed by atoms with E-state index >= 15 is 0 Å². The minimum atomic E-state index is -1.23. The van der Waals surface area contributed by atoms with Gasteiger partial charge in [-0.2, -0.15) is 0 Å². The van der Waals surface area contributed by atoms with Crippen LogP contribution in [-0.2, 0) is 11.4 Å². The number of aromatic hydroxyl groups is 1. The molecule has 0 unspecified atom stereocenters. The van der Waals surface area contributed by atoms with Crippen LogP contribution in [0, 0.1) is 0 Å². The van der Waals surface area contributed by atoms with Crippen LogP contribution >= 0.6 is 0 Å². The van der Waals surface area contributed by atoms with Crippen LogP contribution in [0.15, 0.2) is 99.3 Å². The summed E-state index contributed by atoms with van der Waals surface area (Å²) in [4.78, 5) is 42.3. The molecule has 1 aliphatic heterocycles. The Morgan fingerprint density at radius 2 is 1.75 bits per heavy atom. The molecule has 1 amide bonds. The second kappa shape index (κ2) is 11.5. The van der Waals surface area contributed by atoms with Crippen molar-refractivity contribution in [2.75, 3.05) is 6.54 Å². The number of hydrogen-bond acceptors (Lipinski definition) is 7. The third kappa shape index (κ3) is 5.68. The quantitative estimate of drug-likeness (QED) is 0.101. The minimum Gasteiger partial charge on any atom is -0.508 e. The largest absolute Gasteiger partial charge is 0.508 e. The van der Waals surface area contributed by atoms with Gasteiger partial charge in [-0.05, 0) is 47.5 Å². The lowest BCUT2D eigenvalue weighted by Crippen LogP contribution is -2.25. The Morgan fingerprint density at radius 3 is 2.55 bits per heavy atom. The van der Waals surface area contributed by atoms with Crippen LogP contribution in [0.4, 0.5) is 0 Å². The first-order valence-electron chi connectivity index (χ1n) is 12.4. The van der Waals surface area contributed by atoms with Crippen LogP contribution in [0.5, 0.6) is 5.75 Å². The van der Waals surface area contributed by atoms with Gasteiger partial charge in [-0.1, -0.05) is 41.6 Å². The Labute approximate surface area is 228 Å². The first-order valence-corrected chi connectivity index (χ1v) is 12.4. The molecule has 1 aliphatic carbocycles. The Bertz CT molecular complexity index is 1760. The number of aromatic carboxylic acids is 1. The fourth-order valence-corrected chi connectivity index (χ4v) is 4.37. The average Bonchev–Trinajstić information content (AvgIpc) is 2.95. The number of nitrogens with one attached hydrogen (secondary N) is 1. The first-order chi connectivity index (χ1) is 19.4. The lowest BCUT2D eigenvalue weighted by Gasteiger charge is -2.17. The second-order valence-corrected chi connectivity index (χ2v) is 8.97. The number of phenols is 1. The topological polar surface area (TPSA) is 138 Å². The van der Waals surface area contributed by atoms with Gasteiger partial charge >= 0.3 is 5.97 Å². The summed E-state index contributed by atoms with van der Waals surface area (Å²) in [5.41, 5.74) is 2.43. The number of oxime groups is 1. The summed E-state index contributed by atoms with van der Waals surface area (Å²) in [7, 11) is 0. The highest BCUT2D eigenvalue weighted by Crippen LogP contribution is 2.42. The van der Waals surface area contributed by atoms with Crippen molar-refractivity contribution in [1.82, 2.24) is 5.32 Å². The monoisotopic (exact) mass is 536 g/mol. The number of carboxylic acids is 1. The standard InChI is InChI=1S/C31H24N2O7/c34-21-8-11-24-27(16-21)40-28-17-22(35)9-12-25(28)29(24)23-10-7-20(15-26(23)31(37)38)30(36)32-13-4-14-33-39-18-19-5-2-1-3-6-19/h1-3,5-12,14-17,34H,4,13,18H2,(H,32,36)(H,37,38)/b33-14+. The minimum absolute atomic E-state index is 0.0434. The van der Waals surface area contributed by atoms with Crippen molar-refractivity contribution in [1.29, 1.82) is 0 Å². The lowest BCUT2D eigenvalue weighted by molar-refractivity contribution is 0.0697. The van der Waals surface area contributed by atoms with Crippen molar-refractivity contribution >= 4 is 29.1 Å². The Hall–Kier alpha value is -5.44. The molecule has 0 saturated heterocycles. The number of carbonyl (C=O) groups excluding carboxylic acids is 1. The molecule has 1 heterocycles. The average molecular weight is 537 g/mol. The van der Waals surface area contributed by atoms with Gasteiger partial charge in [0.2, 0.25) is 0 Å². The fraction of sp³-hybridized carbons (Fsp3) is 0.0968. The van der Waals surface area contributed by atoms with Gasteiger partial charge in [0, 0.05) is 53.4 Å². The van der Waals surface area contributed by atoms with Gasteiger partial charge in [-0.25, -0.2) is 4.79 Å². The SMILES string of the molecule is O=C(NCC/C=N/OCc1ccccc1)c1ccc(-c2c3ccc(=O)cc-3oc3cc(O)ccc23)c(C(=O)O)c1. The summed E-state index contributed by atoms with van der Waals surface area (Å²) in [6.07, 6.45) is 1.97. The highest BCUT2D eigenvalue weighted by molar-refractivity contribution is 6.09. The van der Waals surface area contributed by atoms with E-state index in [2.05, 4.69) is 10.5 Å². The number of benzene rings is 4. The smallest absolute Gasteiger partial charge is 0.336 e. The predicted octanol–water partition coefficient (Wildman–Crippen LogP) is 5.29. The van der Waals surface area contributed by atoms with Crippen LogP contribution in [0.2, 0.25) is 0 Å². The Kier molecular flexibility index (Phi) is 7.54. The number of carboxylic acid groups (broad SMARTS) is 1. The van der Waals surface area contributed by atoms with E-state index in [9.17, 15) is 24.6 Å². The molecule has 0 bridgehead atoms. The lowest BCUT2D eigenvalue weighted by atomic mass is 9.90. The molecule has 0 radical (unpaired) electrons. The number of carbonyl (C=O) groups is 2. The number of fused-ring (bicyclic) bond motifs is 2. The van der Waals surface area contributed by atoms with Crippen molar-refractivity contribution in [3.63, 3.8) is 0 Å².